The van der Waals surface area contributed by atoms with Gasteiger partial charge in [-0.2, -0.15) is 0 Å². The molecule has 80 valence electrons. The van der Waals surface area contributed by atoms with Gasteiger partial charge < -0.3 is 4.74 Å². The van der Waals surface area contributed by atoms with Crippen molar-refractivity contribution in [3.63, 3.8) is 0 Å². The minimum absolute atomic E-state index is 0.485. The predicted molar refractivity (Wildman–Crippen MR) is 67.6 cm³/mol. The Balaban J connectivity index is 2.23. The lowest BCUT2D eigenvalue weighted by atomic mass is 10.2. The molecule has 0 amide bonds. The van der Waals surface area contributed by atoms with E-state index in [4.69, 9.17) is 16.3 Å². The zero-order valence-corrected chi connectivity index (χ0v) is 10.1. The standard InChI is InChI=1S/C12H8ClNOS/c1-7-2-3-9-10(4-7)15-11-6-16-5-8(11)12(13)14-9/h2-6H,1H3. The van der Waals surface area contributed by atoms with Crippen molar-refractivity contribution in [2.45, 2.75) is 6.92 Å². The highest BCUT2D eigenvalue weighted by Crippen LogP contribution is 2.40. The second kappa shape index (κ2) is 3.61. The summed E-state index contributed by atoms with van der Waals surface area (Å²) in [6.45, 7) is 2.02. The summed E-state index contributed by atoms with van der Waals surface area (Å²) in [5.74, 6) is 1.54. The third-order valence-electron chi connectivity index (χ3n) is 2.40. The molecule has 2 nitrogen and oxygen atoms in total. The zero-order chi connectivity index (χ0) is 11.1. The highest BCUT2D eigenvalue weighted by molar-refractivity contribution is 7.08. The fraction of sp³-hybridized carbons (Fsp3) is 0.0833. The number of rotatable bonds is 0. The van der Waals surface area contributed by atoms with Crippen LogP contribution in [0, 0.1) is 6.92 Å². The third kappa shape index (κ3) is 1.52. The van der Waals surface area contributed by atoms with E-state index in [2.05, 4.69) is 4.99 Å². The summed E-state index contributed by atoms with van der Waals surface area (Å²) in [7, 11) is 0. The number of nitrogens with zero attached hydrogens (tertiary/aromatic N) is 1. The van der Waals surface area contributed by atoms with Gasteiger partial charge in [-0.3, -0.25) is 0 Å². The zero-order valence-electron chi connectivity index (χ0n) is 8.53. The molecule has 1 aromatic heterocycles. The molecule has 0 aliphatic carbocycles. The minimum atomic E-state index is 0.485. The Morgan fingerprint density at radius 2 is 2.12 bits per heavy atom. The van der Waals surface area contributed by atoms with Crippen LogP contribution in [-0.4, -0.2) is 5.17 Å². The van der Waals surface area contributed by atoms with Gasteiger partial charge in [0.25, 0.3) is 0 Å². The molecule has 1 aromatic carbocycles. The number of halogens is 1. The first-order valence-electron chi connectivity index (χ1n) is 4.83. The van der Waals surface area contributed by atoms with Crippen molar-refractivity contribution >= 4 is 33.8 Å². The maximum Gasteiger partial charge on any atom is 0.153 e. The van der Waals surface area contributed by atoms with Crippen LogP contribution in [0.25, 0.3) is 0 Å². The van der Waals surface area contributed by atoms with Crippen molar-refractivity contribution in [1.29, 1.82) is 0 Å². The Bertz CT molecular complexity index is 588. The molecule has 0 unspecified atom stereocenters. The van der Waals surface area contributed by atoms with Gasteiger partial charge in [-0.05, 0) is 24.6 Å². The molecule has 0 atom stereocenters. The maximum absolute atomic E-state index is 6.14. The van der Waals surface area contributed by atoms with Crippen molar-refractivity contribution in [3.8, 4) is 11.5 Å². The number of hydrogen-bond donors (Lipinski definition) is 0. The van der Waals surface area contributed by atoms with E-state index in [-0.39, 0.29) is 0 Å². The quantitative estimate of drug-likeness (QED) is 0.675. The molecule has 4 heteroatoms. The first kappa shape index (κ1) is 9.87. The second-order valence-corrected chi connectivity index (χ2v) is 4.73. The van der Waals surface area contributed by atoms with E-state index in [0.29, 0.717) is 5.17 Å². The molecular formula is C12H8ClNOS. The molecule has 3 rings (SSSR count). The summed E-state index contributed by atoms with van der Waals surface area (Å²) in [5, 5.41) is 4.36. The topological polar surface area (TPSA) is 21.6 Å². The second-order valence-electron chi connectivity index (χ2n) is 3.63. The highest BCUT2D eigenvalue weighted by atomic mass is 35.5. The van der Waals surface area contributed by atoms with Crippen molar-refractivity contribution in [2.24, 2.45) is 4.99 Å². The fourth-order valence-corrected chi connectivity index (χ4v) is 2.63. The lowest BCUT2D eigenvalue weighted by Gasteiger charge is -2.05. The van der Waals surface area contributed by atoms with E-state index < -0.39 is 0 Å². The van der Waals surface area contributed by atoms with Crippen LogP contribution in [0.15, 0.2) is 34.0 Å². The van der Waals surface area contributed by atoms with Gasteiger partial charge in [0.2, 0.25) is 0 Å². The molecule has 0 N–H and O–H groups in total. The number of ether oxygens (including phenoxy) is 1. The van der Waals surface area contributed by atoms with Crippen LogP contribution in [-0.2, 0) is 0 Å². The van der Waals surface area contributed by atoms with Gasteiger partial charge in [-0.25, -0.2) is 4.99 Å². The summed E-state index contributed by atoms with van der Waals surface area (Å²) in [4.78, 5) is 4.36. The van der Waals surface area contributed by atoms with Crippen LogP contribution in [0.5, 0.6) is 11.5 Å². The lowest BCUT2D eigenvalue weighted by molar-refractivity contribution is 0.487. The van der Waals surface area contributed by atoms with Gasteiger partial charge in [0.15, 0.2) is 5.75 Å². The van der Waals surface area contributed by atoms with Gasteiger partial charge in [-0.1, -0.05) is 17.7 Å². The molecule has 2 heterocycles. The predicted octanol–water partition coefficient (Wildman–Crippen LogP) is 4.48. The molecule has 0 saturated heterocycles. The molecule has 0 bridgehead atoms. The number of hydrogen-bond acceptors (Lipinski definition) is 3. The molecule has 1 aliphatic rings. The SMILES string of the molecule is Cc1ccc2c(c1)Oc1cscc1C(Cl)=N2. The Morgan fingerprint density at radius 3 is 3.00 bits per heavy atom. The largest absolute Gasteiger partial charge is 0.453 e. The Labute approximate surface area is 102 Å². The molecule has 2 aromatic rings. The summed E-state index contributed by atoms with van der Waals surface area (Å²) >= 11 is 7.69. The van der Waals surface area contributed by atoms with Crippen LogP contribution in [0.2, 0.25) is 0 Å². The van der Waals surface area contributed by atoms with Crippen LogP contribution in [0.4, 0.5) is 5.69 Å². The normalized spacial score (nSPS) is 13.2. The Kier molecular flexibility index (Phi) is 2.23. The van der Waals surface area contributed by atoms with Crippen molar-refractivity contribution < 1.29 is 4.74 Å². The molecule has 1 aliphatic heterocycles. The molecular weight excluding hydrogens is 242 g/mol. The number of aliphatic imine (C=N–C) groups is 1. The van der Waals surface area contributed by atoms with E-state index in [0.717, 1.165) is 28.3 Å². The van der Waals surface area contributed by atoms with Crippen LogP contribution < -0.4 is 4.74 Å². The van der Waals surface area contributed by atoms with E-state index in [9.17, 15) is 0 Å². The number of thiophene rings is 1. The van der Waals surface area contributed by atoms with E-state index in [1.54, 1.807) is 11.3 Å². The van der Waals surface area contributed by atoms with Crippen molar-refractivity contribution in [3.05, 3.63) is 40.1 Å². The van der Waals surface area contributed by atoms with Crippen LogP contribution in [0.1, 0.15) is 11.1 Å². The van der Waals surface area contributed by atoms with Gasteiger partial charge in [0.1, 0.15) is 16.6 Å². The molecule has 16 heavy (non-hydrogen) atoms. The van der Waals surface area contributed by atoms with Crippen LogP contribution >= 0.6 is 22.9 Å². The maximum atomic E-state index is 6.14. The third-order valence-corrected chi connectivity index (χ3v) is 3.41. The molecule has 0 radical (unpaired) electrons. The highest BCUT2D eigenvalue weighted by Gasteiger charge is 2.17. The first-order valence-corrected chi connectivity index (χ1v) is 6.15. The summed E-state index contributed by atoms with van der Waals surface area (Å²) < 4.78 is 5.81. The number of fused-ring (bicyclic) bond motifs is 2. The Hall–Kier alpha value is -1.32. The van der Waals surface area contributed by atoms with E-state index in [1.165, 1.54) is 0 Å². The van der Waals surface area contributed by atoms with Gasteiger partial charge >= 0.3 is 0 Å². The van der Waals surface area contributed by atoms with Crippen molar-refractivity contribution in [2.75, 3.05) is 0 Å². The van der Waals surface area contributed by atoms with Gasteiger partial charge in [-0.15, -0.1) is 11.3 Å². The van der Waals surface area contributed by atoms with Gasteiger partial charge in [0, 0.05) is 10.8 Å². The van der Waals surface area contributed by atoms with Gasteiger partial charge in [0.05, 0.1) is 5.56 Å². The minimum Gasteiger partial charge on any atom is -0.453 e. The smallest absolute Gasteiger partial charge is 0.153 e. The summed E-state index contributed by atoms with van der Waals surface area (Å²) in [6, 6.07) is 5.88. The summed E-state index contributed by atoms with van der Waals surface area (Å²) in [5.41, 5.74) is 2.78. The number of benzene rings is 1. The molecule has 0 spiro atoms. The fourth-order valence-electron chi connectivity index (χ4n) is 1.59. The molecule has 0 fully saturated rings. The van der Waals surface area contributed by atoms with Crippen molar-refractivity contribution in [1.82, 2.24) is 0 Å². The average molecular weight is 250 g/mol. The monoisotopic (exact) mass is 249 g/mol. The van der Waals surface area contributed by atoms with E-state index in [1.807, 2.05) is 35.9 Å². The summed E-state index contributed by atoms with van der Waals surface area (Å²) in [6.07, 6.45) is 0. The lowest BCUT2D eigenvalue weighted by Crippen LogP contribution is -1.87. The first-order chi connectivity index (χ1) is 7.74. The average Bonchev–Trinajstić information content (AvgIpc) is 2.65. The van der Waals surface area contributed by atoms with E-state index >= 15 is 0 Å². The number of aryl methyl sites for hydroxylation is 1. The van der Waals surface area contributed by atoms with Crippen LogP contribution in [0.3, 0.4) is 0 Å². The Morgan fingerprint density at radius 1 is 1.25 bits per heavy atom. The molecule has 0 saturated carbocycles.